The van der Waals surface area contributed by atoms with E-state index < -0.39 is 0 Å². The number of nitrogens with one attached hydrogen (secondary N) is 1. The fourth-order valence-electron chi connectivity index (χ4n) is 1.30. The van der Waals surface area contributed by atoms with Crippen molar-refractivity contribution in [3.63, 3.8) is 0 Å². The molecule has 0 fully saturated rings. The van der Waals surface area contributed by atoms with Crippen LogP contribution in [0.3, 0.4) is 0 Å². The van der Waals surface area contributed by atoms with Gasteiger partial charge in [0.2, 0.25) is 5.95 Å². The van der Waals surface area contributed by atoms with E-state index in [-0.39, 0.29) is 0 Å². The van der Waals surface area contributed by atoms with Crippen LogP contribution in [0.1, 0.15) is 6.42 Å². The van der Waals surface area contributed by atoms with E-state index in [1.165, 1.54) is 0 Å². The molecule has 1 aromatic rings. The van der Waals surface area contributed by atoms with Crippen LogP contribution >= 0.6 is 11.6 Å². The SMILES string of the molecule is CNc1ncc(Cl)c(N(C)CCCOC)n1. The van der Waals surface area contributed by atoms with Crippen molar-refractivity contribution in [3.05, 3.63) is 11.2 Å². The lowest BCUT2D eigenvalue weighted by Crippen LogP contribution is -2.21. The fourth-order valence-corrected chi connectivity index (χ4v) is 1.53. The molecule has 0 unspecified atom stereocenters. The molecule has 0 radical (unpaired) electrons. The van der Waals surface area contributed by atoms with Crippen molar-refractivity contribution >= 4 is 23.4 Å². The lowest BCUT2D eigenvalue weighted by Gasteiger charge is -2.19. The molecule has 0 spiro atoms. The van der Waals surface area contributed by atoms with E-state index in [1.807, 2.05) is 11.9 Å². The van der Waals surface area contributed by atoms with Gasteiger partial charge < -0.3 is 15.0 Å². The number of ether oxygens (including phenoxy) is 1. The molecule has 0 aliphatic rings. The predicted octanol–water partition coefficient (Wildman–Crippen LogP) is 1.64. The van der Waals surface area contributed by atoms with E-state index in [9.17, 15) is 0 Å². The van der Waals surface area contributed by atoms with Crippen LogP contribution in [0.4, 0.5) is 11.8 Å². The number of nitrogens with zero attached hydrogens (tertiary/aromatic N) is 3. The Balaban J connectivity index is 2.69. The van der Waals surface area contributed by atoms with Crippen molar-refractivity contribution in [1.82, 2.24) is 9.97 Å². The Morgan fingerprint density at radius 2 is 2.31 bits per heavy atom. The summed E-state index contributed by atoms with van der Waals surface area (Å²) in [6.07, 6.45) is 2.53. The topological polar surface area (TPSA) is 50.3 Å². The van der Waals surface area contributed by atoms with Crippen molar-refractivity contribution in [2.24, 2.45) is 0 Å². The van der Waals surface area contributed by atoms with Gasteiger partial charge in [-0.2, -0.15) is 4.98 Å². The number of rotatable bonds is 6. The predicted molar refractivity (Wildman–Crippen MR) is 66.4 cm³/mol. The van der Waals surface area contributed by atoms with Crippen LogP contribution in [0.2, 0.25) is 5.02 Å². The standard InChI is InChI=1S/C10H17ClN4O/c1-12-10-13-7-8(11)9(14-10)15(2)5-4-6-16-3/h7H,4-6H2,1-3H3,(H,12,13,14). The van der Waals surface area contributed by atoms with E-state index in [0.717, 1.165) is 25.4 Å². The minimum Gasteiger partial charge on any atom is -0.385 e. The van der Waals surface area contributed by atoms with Crippen molar-refractivity contribution < 1.29 is 4.74 Å². The van der Waals surface area contributed by atoms with Crippen LogP contribution in [-0.2, 0) is 4.74 Å². The molecule has 1 N–H and O–H groups in total. The van der Waals surface area contributed by atoms with Gasteiger partial charge in [-0.25, -0.2) is 4.98 Å². The van der Waals surface area contributed by atoms with Gasteiger partial charge in [0.15, 0.2) is 5.82 Å². The Morgan fingerprint density at radius 1 is 1.56 bits per heavy atom. The average molecular weight is 245 g/mol. The van der Waals surface area contributed by atoms with Gasteiger partial charge in [-0.3, -0.25) is 0 Å². The quantitative estimate of drug-likeness (QED) is 0.771. The Kier molecular flexibility index (Phi) is 5.28. The second kappa shape index (κ2) is 6.50. The average Bonchev–Trinajstić information content (AvgIpc) is 2.30. The number of anilines is 2. The van der Waals surface area contributed by atoms with Crippen LogP contribution in [0, 0.1) is 0 Å². The zero-order valence-electron chi connectivity index (χ0n) is 9.83. The van der Waals surface area contributed by atoms with Gasteiger partial charge in [0.25, 0.3) is 0 Å². The highest BCUT2D eigenvalue weighted by Gasteiger charge is 2.09. The van der Waals surface area contributed by atoms with Crippen LogP contribution in [-0.4, -0.2) is 44.3 Å². The summed E-state index contributed by atoms with van der Waals surface area (Å²) in [6, 6.07) is 0. The molecule has 0 amide bonds. The smallest absolute Gasteiger partial charge is 0.224 e. The van der Waals surface area contributed by atoms with E-state index in [0.29, 0.717) is 11.0 Å². The van der Waals surface area contributed by atoms with E-state index in [2.05, 4.69) is 15.3 Å². The van der Waals surface area contributed by atoms with Gasteiger partial charge in [-0.05, 0) is 6.42 Å². The number of hydrogen-bond donors (Lipinski definition) is 1. The van der Waals surface area contributed by atoms with Crippen molar-refractivity contribution in [2.45, 2.75) is 6.42 Å². The molecular formula is C10H17ClN4O. The Bertz CT molecular complexity index is 335. The fraction of sp³-hybridized carbons (Fsp3) is 0.600. The molecule has 0 bridgehead atoms. The minimum atomic E-state index is 0.555. The number of hydrogen-bond acceptors (Lipinski definition) is 5. The van der Waals surface area contributed by atoms with Crippen molar-refractivity contribution in [1.29, 1.82) is 0 Å². The first-order chi connectivity index (χ1) is 7.69. The summed E-state index contributed by atoms with van der Waals surface area (Å²) in [5.41, 5.74) is 0. The third kappa shape index (κ3) is 3.50. The van der Waals surface area contributed by atoms with E-state index in [4.69, 9.17) is 16.3 Å². The van der Waals surface area contributed by atoms with Gasteiger partial charge in [-0.1, -0.05) is 11.6 Å². The number of methoxy groups -OCH3 is 1. The molecule has 16 heavy (non-hydrogen) atoms. The summed E-state index contributed by atoms with van der Waals surface area (Å²) >= 11 is 6.04. The van der Waals surface area contributed by atoms with Gasteiger partial charge in [0, 0.05) is 34.4 Å². The minimum absolute atomic E-state index is 0.555. The van der Waals surface area contributed by atoms with E-state index >= 15 is 0 Å². The maximum absolute atomic E-state index is 6.04. The largest absolute Gasteiger partial charge is 0.385 e. The lowest BCUT2D eigenvalue weighted by atomic mass is 10.4. The molecule has 5 nitrogen and oxygen atoms in total. The highest BCUT2D eigenvalue weighted by molar-refractivity contribution is 6.32. The Labute approximate surface area is 101 Å². The molecule has 0 aromatic carbocycles. The molecule has 1 heterocycles. The van der Waals surface area contributed by atoms with Crippen molar-refractivity contribution in [2.75, 3.05) is 44.6 Å². The van der Waals surface area contributed by atoms with Crippen LogP contribution in [0.15, 0.2) is 6.20 Å². The van der Waals surface area contributed by atoms with Crippen LogP contribution in [0.5, 0.6) is 0 Å². The molecule has 6 heteroatoms. The monoisotopic (exact) mass is 244 g/mol. The summed E-state index contributed by atoms with van der Waals surface area (Å²) in [4.78, 5) is 10.3. The van der Waals surface area contributed by atoms with Crippen LogP contribution < -0.4 is 10.2 Å². The summed E-state index contributed by atoms with van der Waals surface area (Å²) in [5.74, 6) is 1.30. The Morgan fingerprint density at radius 3 is 2.94 bits per heavy atom. The molecule has 0 saturated heterocycles. The molecule has 1 aromatic heterocycles. The first-order valence-corrected chi connectivity index (χ1v) is 5.47. The second-order valence-electron chi connectivity index (χ2n) is 3.38. The lowest BCUT2D eigenvalue weighted by molar-refractivity contribution is 0.196. The zero-order chi connectivity index (χ0) is 12.0. The van der Waals surface area contributed by atoms with Crippen molar-refractivity contribution in [3.8, 4) is 0 Å². The van der Waals surface area contributed by atoms with Crippen LogP contribution in [0.25, 0.3) is 0 Å². The molecule has 0 saturated carbocycles. The highest BCUT2D eigenvalue weighted by Crippen LogP contribution is 2.22. The molecule has 1 rings (SSSR count). The molecule has 0 atom stereocenters. The van der Waals surface area contributed by atoms with Gasteiger partial charge >= 0.3 is 0 Å². The Hall–Kier alpha value is -1.07. The third-order valence-corrected chi connectivity index (χ3v) is 2.42. The zero-order valence-corrected chi connectivity index (χ0v) is 10.6. The third-order valence-electron chi connectivity index (χ3n) is 2.15. The normalized spacial score (nSPS) is 10.2. The molecule has 0 aliphatic heterocycles. The second-order valence-corrected chi connectivity index (χ2v) is 3.79. The molecular weight excluding hydrogens is 228 g/mol. The first kappa shape index (κ1) is 13.0. The van der Waals surface area contributed by atoms with E-state index in [1.54, 1.807) is 20.4 Å². The highest BCUT2D eigenvalue weighted by atomic mass is 35.5. The summed E-state index contributed by atoms with van der Waals surface area (Å²) < 4.78 is 5.00. The van der Waals surface area contributed by atoms with Gasteiger partial charge in [0.05, 0.1) is 6.20 Å². The number of halogens is 1. The first-order valence-electron chi connectivity index (χ1n) is 5.09. The summed E-state index contributed by atoms with van der Waals surface area (Å²) in [5, 5.41) is 3.44. The summed E-state index contributed by atoms with van der Waals surface area (Å²) in [7, 11) is 5.41. The number of aromatic nitrogens is 2. The van der Waals surface area contributed by atoms with Gasteiger partial charge in [0.1, 0.15) is 5.02 Å². The summed E-state index contributed by atoms with van der Waals surface area (Å²) in [6.45, 7) is 1.57. The maximum Gasteiger partial charge on any atom is 0.224 e. The molecule has 0 aliphatic carbocycles. The maximum atomic E-state index is 6.04. The van der Waals surface area contributed by atoms with Gasteiger partial charge in [-0.15, -0.1) is 0 Å². The molecule has 90 valence electrons.